The number of sulfonamides is 1. The molecular formula is C13H16FN3O2S. The van der Waals surface area contributed by atoms with Gasteiger partial charge in [-0.05, 0) is 38.0 Å². The molecule has 2 N–H and O–H groups in total. The highest BCUT2D eigenvalue weighted by molar-refractivity contribution is 7.89. The second-order valence-corrected chi connectivity index (χ2v) is 6.89. The van der Waals surface area contributed by atoms with E-state index in [0.717, 1.165) is 12.1 Å². The molecule has 1 heterocycles. The highest BCUT2D eigenvalue weighted by Gasteiger charge is 2.33. The third kappa shape index (κ3) is 2.68. The van der Waals surface area contributed by atoms with Crippen LogP contribution in [-0.2, 0) is 10.0 Å². The molecule has 7 heteroatoms. The van der Waals surface area contributed by atoms with E-state index in [1.54, 1.807) is 13.0 Å². The Balaban J connectivity index is 2.38. The summed E-state index contributed by atoms with van der Waals surface area (Å²) < 4.78 is 39.7. The number of rotatable bonds is 2. The number of nitriles is 1. The quantitative estimate of drug-likeness (QED) is 0.888. The summed E-state index contributed by atoms with van der Waals surface area (Å²) >= 11 is 0. The molecule has 0 radical (unpaired) electrons. The van der Waals surface area contributed by atoms with E-state index < -0.39 is 15.8 Å². The largest absolute Gasteiger partial charge is 0.328 e. The van der Waals surface area contributed by atoms with Gasteiger partial charge in [-0.2, -0.15) is 9.57 Å². The molecule has 0 aromatic heterocycles. The van der Waals surface area contributed by atoms with Crippen molar-refractivity contribution in [1.29, 1.82) is 5.26 Å². The fraction of sp³-hybridized carbons (Fsp3) is 0.462. The second-order valence-electron chi connectivity index (χ2n) is 5.00. The van der Waals surface area contributed by atoms with Gasteiger partial charge in [0.25, 0.3) is 0 Å². The van der Waals surface area contributed by atoms with Gasteiger partial charge in [-0.15, -0.1) is 0 Å². The van der Waals surface area contributed by atoms with Crippen LogP contribution in [0.15, 0.2) is 23.1 Å². The Labute approximate surface area is 117 Å². The minimum atomic E-state index is -3.72. The molecule has 108 valence electrons. The Morgan fingerprint density at radius 2 is 2.20 bits per heavy atom. The van der Waals surface area contributed by atoms with E-state index in [1.165, 1.54) is 10.4 Å². The summed E-state index contributed by atoms with van der Waals surface area (Å²) in [7, 11) is -3.72. The van der Waals surface area contributed by atoms with Gasteiger partial charge in [-0.25, -0.2) is 12.8 Å². The van der Waals surface area contributed by atoms with Crippen molar-refractivity contribution in [3.63, 3.8) is 0 Å². The summed E-state index contributed by atoms with van der Waals surface area (Å²) in [6.07, 6.45) is 1.18. The Bertz CT molecular complexity index is 654. The van der Waals surface area contributed by atoms with E-state index >= 15 is 0 Å². The molecule has 1 saturated heterocycles. The zero-order valence-electron chi connectivity index (χ0n) is 11.1. The first kappa shape index (κ1) is 14.9. The lowest BCUT2D eigenvalue weighted by Gasteiger charge is -2.35. The van der Waals surface area contributed by atoms with Crippen LogP contribution < -0.4 is 5.73 Å². The number of nitrogens with two attached hydrogens (primary N) is 1. The zero-order chi connectivity index (χ0) is 14.9. The fourth-order valence-corrected chi connectivity index (χ4v) is 4.11. The smallest absolute Gasteiger partial charge is 0.243 e. The van der Waals surface area contributed by atoms with E-state index in [9.17, 15) is 12.8 Å². The number of hydrogen-bond acceptors (Lipinski definition) is 4. The lowest BCUT2D eigenvalue weighted by molar-refractivity contribution is 0.247. The Morgan fingerprint density at radius 1 is 1.50 bits per heavy atom. The van der Waals surface area contributed by atoms with Gasteiger partial charge in [-0.1, -0.05) is 0 Å². The molecule has 0 spiro atoms. The van der Waals surface area contributed by atoms with Gasteiger partial charge >= 0.3 is 0 Å². The van der Waals surface area contributed by atoms with Crippen molar-refractivity contribution in [2.24, 2.45) is 5.73 Å². The molecule has 0 aliphatic carbocycles. The van der Waals surface area contributed by atoms with Crippen molar-refractivity contribution in [2.45, 2.75) is 36.7 Å². The van der Waals surface area contributed by atoms with Crippen LogP contribution in [0.5, 0.6) is 0 Å². The third-order valence-corrected chi connectivity index (χ3v) is 5.53. The van der Waals surface area contributed by atoms with E-state index in [4.69, 9.17) is 11.0 Å². The number of piperidine rings is 1. The van der Waals surface area contributed by atoms with Crippen LogP contribution in [-0.4, -0.2) is 31.4 Å². The first-order valence-electron chi connectivity index (χ1n) is 6.33. The maximum absolute atomic E-state index is 13.3. The Kier molecular flexibility index (Phi) is 4.09. The van der Waals surface area contributed by atoms with Crippen molar-refractivity contribution in [3.05, 3.63) is 29.6 Å². The predicted octanol–water partition coefficient (Wildman–Crippen LogP) is 1.20. The standard InChI is InChI=1S/C13H16FN3O2S/c1-9-6-11(16)4-5-17(9)20(18,19)12-2-3-13(14)10(7-12)8-15/h2-3,7,9,11H,4-6,16H2,1H3. The number of halogens is 1. The molecule has 2 unspecified atom stereocenters. The first-order valence-corrected chi connectivity index (χ1v) is 7.77. The highest BCUT2D eigenvalue weighted by atomic mass is 32.2. The van der Waals surface area contributed by atoms with Crippen molar-refractivity contribution < 1.29 is 12.8 Å². The minimum Gasteiger partial charge on any atom is -0.328 e. The molecule has 0 amide bonds. The number of nitrogens with zero attached hydrogens (tertiary/aromatic N) is 2. The number of hydrogen-bond donors (Lipinski definition) is 1. The lowest BCUT2D eigenvalue weighted by Crippen LogP contribution is -2.48. The topological polar surface area (TPSA) is 87.2 Å². The molecule has 1 aliphatic rings. The van der Waals surface area contributed by atoms with E-state index in [0.29, 0.717) is 19.4 Å². The fourth-order valence-electron chi connectivity index (χ4n) is 2.43. The van der Waals surface area contributed by atoms with Gasteiger partial charge < -0.3 is 5.73 Å². The van der Waals surface area contributed by atoms with Crippen LogP contribution >= 0.6 is 0 Å². The summed E-state index contributed by atoms with van der Waals surface area (Å²) in [4.78, 5) is -0.0576. The summed E-state index contributed by atoms with van der Waals surface area (Å²) in [5.74, 6) is -0.722. The summed E-state index contributed by atoms with van der Waals surface area (Å²) in [5.41, 5.74) is 5.55. The predicted molar refractivity (Wildman–Crippen MR) is 71.7 cm³/mol. The van der Waals surface area contributed by atoms with Gasteiger partial charge in [0.15, 0.2) is 0 Å². The second kappa shape index (κ2) is 5.48. The van der Waals surface area contributed by atoms with Crippen molar-refractivity contribution in [1.82, 2.24) is 4.31 Å². The molecule has 0 saturated carbocycles. The van der Waals surface area contributed by atoms with Gasteiger partial charge in [0.1, 0.15) is 11.9 Å². The van der Waals surface area contributed by atoms with Gasteiger partial charge in [-0.3, -0.25) is 0 Å². The number of benzene rings is 1. The summed E-state index contributed by atoms with van der Waals surface area (Å²) in [6.45, 7) is 2.13. The van der Waals surface area contributed by atoms with Crippen LogP contribution in [0.2, 0.25) is 0 Å². The molecule has 1 aliphatic heterocycles. The van der Waals surface area contributed by atoms with Crippen molar-refractivity contribution in [3.8, 4) is 6.07 Å². The Hall–Kier alpha value is -1.49. The minimum absolute atomic E-state index is 0.000614. The molecule has 2 rings (SSSR count). The maximum atomic E-state index is 13.3. The Morgan fingerprint density at radius 3 is 2.80 bits per heavy atom. The van der Waals surface area contributed by atoms with Crippen molar-refractivity contribution >= 4 is 10.0 Å². The molecule has 1 fully saturated rings. The highest BCUT2D eigenvalue weighted by Crippen LogP contribution is 2.25. The third-order valence-electron chi connectivity index (χ3n) is 3.52. The SMILES string of the molecule is CC1CC(N)CCN1S(=O)(=O)c1ccc(F)c(C#N)c1. The van der Waals surface area contributed by atoms with Crippen LogP contribution in [0.1, 0.15) is 25.3 Å². The molecule has 1 aromatic carbocycles. The first-order chi connectivity index (χ1) is 9.36. The van der Waals surface area contributed by atoms with E-state index in [1.807, 2.05) is 0 Å². The molecule has 2 atom stereocenters. The molecular weight excluding hydrogens is 281 g/mol. The van der Waals surface area contributed by atoms with Crippen LogP contribution in [0.25, 0.3) is 0 Å². The van der Waals surface area contributed by atoms with E-state index in [2.05, 4.69) is 0 Å². The van der Waals surface area contributed by atoms with Gasteiger partial charge in [0.05, 0.1) is 10.5 Å². The van der Waals surface area contributed by atoms with Crippen LogP contribution in [0, 0.1) is 17.1 Å². The molecule has 0 bridgehead atoms. The normalized spacial score (nSPS) is 24.3. The average Bonchev–Trinajstić information content (AvgIpc) is 2.38. The molecule has 20 heavy (non-hydrogen) atoms. The summed E-state index contributed by atoms with van der Waals surface area (Å²) in [5, 5.41) is 8.79. The van der Waals surface area contributed by atoms with Crippen LogP contribution in [0.3, 0.4) is 0 Å². The molecule has 5 nitrogen and oxygen atoms in total. The monoisotopic (exact) mass is 297 g/mol. The summed E-state index contributed by atoms with van der Waals surface area (Å²) in [6, 6.07) is 4.71. The average molecular weight is 297 g/mol. The molecule has 1 aromatic rings. The maximum Gasteiger partial charge on any atom is 0.243 e. The van der Waals surface area contributed by atoms with Crippen molar-refractivity contribution in [2.75, 3.05) is 6.54 Å². The van der Waals surface area contributed by atoms with Gasteiger partial charge in [0, 0.05) is 18.6 Å². The van der Waals surface area contributed by atoms with Crippen LogP contribution in [0.4, 0.5) is 4.39 Å². The van der Waals surface area contributed by atoms with Gasteiger partial charge in [0.2, 0.25) is 10.0 Å². The van der Waals surface area contributed by atoms with E-state index in [-0.39, 0.29) is 22.5 Å². The zero-order valence-corrected chi connectivity index (χ0v) is 11.9. The lowest BCUT2D eigenvalue weighted by atomic mass is 10.0.